The van der Waals surface area contributed by atoms with Crippen molar-refractivity contribution in [3.8, 4) is 0 Å². The van der Waals surface area contributed by atoms with Crippen LogP contribution in [-0.4, -0.2) is 23.0 Å². The number of hydrogen-bond acceptors (Lipinski definition) is 2. The summed E-state index contributed by atoms with van der Waals surface area (Å²) in [6.07, 6.45) is 5.62. The first-order valence-corrected chi connectivity index (χ1v) is 6.61. The van der Waals surface area contributed by atoms with Crippen molar-refractivity contribution in [3.63, 3.8) is 0 Å². The van der Waals surface area contributed by atoms with Gasteiger partial charge >= 0.3 is 5.97 Å². The third kappa shape index (κ3) is 4.02. The van der Waals surface area contributed by atoms with Gasteiger partial charge in [-0.2, -0.15) is 0 Å². The van der Waals surface area contributed by atoms with Gasteiger partial charge in [0.2, 0.25) is 5.91 Å². The highest BCUT2D eigenvalue weighted by atomic mass is 16.4. The van der Waals surface area contributed by atoms with Crippen LogP contribution >= 0.6 is 0 Å². The Balaban J connectivity index is 2.41. The molecule has 0 heterocycles. The molecular weight excluding hydrogens is 218 g/mol. The number of nitrogens with one attached hydrogen (secondary N) is 1. The van der Waals surface area contributed by atoms with Gasteiger partial charge in [0.05, 0.1) is 0 Å². The largest absolute Gasteiger partial charge is 0.480 e. The molecule has 17 heavy (non-hydrogen) atoms. The first kappa shape index (κ1) is 14.0. The van der Waals surface area contributed by atoms with Gasteiger partial charge in [-0.1, -0.05) is 20.3 Å². The smallest absolute Gasteiger partial charge is 0.326 e. The molecule has 0 aliphatic heterocycles. The maximum absolute atomic E-state index is 11.9. The maximum Gasteiger partial charge on any atom is 0.326 e. The molecule has 0 radical (unpaired) electrons. The van der Waals surface area contributed by atoms with Crippen molar-refractivity contribution < 1.29 is 14.7 Å². The normalized spacial score (nSPS) is 26.2. The van der Waals surface area contributed by atoms with Gasteiger partial charge in [0.25, 0.3) is 0 Å². The number of amides is 1. The zero-order valence-corrected chi connectivity index (χ0v) is 10.7. The molecule has 0 aromatic heterocycles. The summed E-state index contributed by atoms with van der Waals surface area (Å²) in [6, 6.07) is -0.730. The molecular formula is C13H23NO3. The second-order valence-corrected chi connectivity index (χ2v) is 4.93. The molecule has 0 saturated heterocycles. The van der Waals surface area contributed by atoms with E-state index in [9.17, 15) is 9.59 Å². The summed E-state index contributed by atoms with van der Waals surface area (Å²) in [7, 11) is 0. The van der Waals surface area contributed by atoms with Crippen molar-refractivity contribution in [2.24, 2.45) is 11.8 Å². The molecule has 4 nitrogen and oxygen atoms in total. The molecule has 1 saturated carbocycles. The molecule has 2 N–H and O–H groups in total. The molecule has 0 bridgehead atoms. The van der Waals surface area contributed by atoms with Gasteiger partial charge in [-0.05, 0) is 38.0 Å². The fourth-order valence-corrected chi connectivity index (χ4v) is 2.46. The molecule has 4 heteroatoms. The lowest BCUT2D eigenvalue weighted by Gasteiger charge is -2.27. The molecule has 0 spiro atoms. The van der Waals surface area contributed by atoms with E-state index < -0.39 is 12.0 Å². The zero-order valence-electron chi connectivity index (χ0n) is 10.7. The average molecular weight is 241 g/mol. The first-order chi connectivity index (χ1) is 8.08. The molecule has 1 amide bonds. The minimum Gasteiger partial charge on any atom is -0.480 e. The van der Waals surface area contributed by atoms with E-state index in [-0.39, 0.29) is 11.8 Å². The number of carbonyl (C=O) groups excluding carboxylic acids is 1. The highest BCUT2D eigenvalue weighted by Crippen LogP contribution is 2.30. The Morgan fingerprint density at radius 2 is 1.82 bits per heavy atom. The fraction of sp³-hybridized carbons (Fsp3) is 0.846. The number of rotatable bonds is 5. The molecule has 1 atom stereocenters. The number of carboxylic acids is 1. The third-order valence-electron chi connectivity index (χ3n) is 3.82. The van der Waals surface area contributed by atoms with Crippen molar-refractivity contribution in [2.75, 3.05) is 0 Å². The van der Waals surface area contributed by atoms with Crippen molar-refractivity contribution in [3.05, 3.63) is 0 Å². The topological polar surface area (TPSA) is 66.4 Å². The SMILES string of the molecule is CCC1CCC(C(=O)NC(CC)C(=O)O)CC1. The van der Waals surface area contributed by atoms with E-state index in [0.29, 0.717) is 6.42 Å². The van der Waals surface area contributed by atoms with Gasteiger partial charge in [-0.15, -0.1) is 0 Å². The molecule has 1 aliphatic rings. The summed E-state index contributed by atoms with van der Waals surface area (Å²) in [5.41, 5.74) is 0. The van der Waals surface area contributed by atoms with E-state index in [1.165, 1.54) is 6.42 Å². The summed E-state index contributed by atoms with van der Waals surface area (Å²) < 4.78 is 0. The van der Waals surface area contributed by atoms with E-state index in [4.69, 9.17) is 5.11 Å². The van der Waals surface area contributed by atoms with Crippen molar-refractivity contribution in [1.29, 1.82) is 0 Å². The van der Waals surface area contributed by atoms with Crippen LogP contribution in [0.2, 0.25) is 0 Å². The highest BCUT2D eigenvalue weighted by Gasteiger charge is 2.27. The standard InChI is InChI=1S/C13H23NO3/c1-3-9-5-7-10(8-6-9)12(15)14-11(4-2)13(16)17/h9-11H,3-8H2,1-2H3,(H,14,15)(H,16,17). The summed E-state index contributed by atoms with van der Waals surface area (Å²) in [5.74, 6) is -0.247. The Labute approximate surface area is 103 Å². The molecule has 1 unspecified atom stereocenters. The Morgan fingerprint density at radius 1 is 1.24 bits per heavy atom. The van der Waals surface area contributed by atoms with Crippen LogP contribution in [0, 0.1) is 11.8 Å². The summed E-state index contributed by atoms with van der Waals surface area (Å²) >= 11 is 0. The van der Waals surface area contributed by atoms with Crippen molar-refractivity contribution in [2.45, 2.75) is 58.4 Å². The lowest BCUT2D eigenvalue weighted by atomic mass is 9.80. The quantitative estimate of drug-likeness (QED) is 0.775. The third-order valence-corrected chi connectivity index (χ3v) is 3.82. The Morgan fingerprint density at radius 3 is 2.24 bits per heavy atom. The van der Waals surface area contributed by atoms with Crippen molar-refractivity contribution >= 4 is 11.9 Å². The van der Waals surface area contributed by atoms with Gasteiger partial charge in [0.1, 0.15) is 6.04 Å². The van der Waals surface area contributed by atoms with Crippen molar-refractivity contribution in [1.82, 2.24) is 5.32 Å². The molecule has 1 fully saturated rings. The van der Waals surface area contributed by atoms with Gasteiger partial charge in [-0.25, -0.2) is 4.79 Å². The van der Waals surface area contributed by atoms with Crippen LogP contribution in [0.15, 0.2) is 0 Å². The number of hydrogen-bond donors (Lipinski definition) is 2. The second kappa shape index (κ2) is 6.62. The minimum atomic E-state index is -0.942. The number of carboxylic acid groups (broad SMARTS) is 1. The van der Waals surface area contributed by atoms with E-state index in [1.807, 2.05) is 0 Å². The van der Waals surface area contributed by atoms with E-state index in [0.717, 1.165) is 31.6 Å². The Hall–Kier alpha value is -1.06. The van der Waals surface area contributed by atoms with E-state index >= 15 is 0 Å². The van der Waals surface area contributed by atoms with Crippen LogP contribution in [0.25, 0.3) is 0 Å². The predicted octanol–water partition coefficient (Wildman–Crippen LogP) is 2.18. The van der Waals surface area contributed by atoms with Crippen LogP contribution in [0.4, 0.5) is 0 Å². The summed E-state index contributed by atoms with van der Waals surface area (Å²) in [4.78, 5) is 22.7. The lowest BCUT2D eigenvalue weighted by Crippen LogP contribution is -2.43. The van der Waals surface area contributed by atoms with Gasteiger partial charge in [-0.3, -0.25) is 4.79 Å². The summed E-state index contributed by atoms with van der Waals surface area (Å²) in [5, 5.41) is 11.5. The van der Waals surface area contributed by atoms with Crippen LogP contribution in [0.3, 0.4) is 0 Å². The summed E-state index contributed by atoms with van der Waals surface area (Å²) in [6.45, 7) is 3.95. The highest BCUT2D eigenvalue weighted by molar-refractivity contribution is 5.84. The molecule has 98 valence electrons. The minimum absolute atomic E-state index is 0.0196. The molecule has 0 aromatic carbocycles. The molecule has 1 rings (SSSR count). The zero-order chi connectivity index (χ0) is 12.8. The van der Waals surface area contributed by atoms with Gasteiger partial charge in [0.15, 0.2) is 0 Å². The van der Waals surface area contributed by atoms with E-state index in [1.54, 1.807) is 6.92 Å². The van der Waals surface area contributed by atoms with E-state index in [2.05, 4.69) is 12.2 Å². The Kier molecular flexibility index (Phi) is 5.45. The first-order valence-electron chi connectivity index (χ1n) is 6.61. The second-order valence-electron chi connectivity index (χ2n) is 4.93. The van der Waals surface area contributed by atoms with Crippen LogP contribution in [0.5, 0.6) is 0 Å². The fourth-order valence-electron chi connectivity index (χ4n) is 2.46. The average Bonchev–Trinajstić information content (AvgIpc) is 2.35. The van der Waals surface area contributed by atoms with Gasteiger partial charge < -0.3 is 10.4 Å². The predicted molar refractivity (Wildman–Crippen MR) is 65.6 cm³/mol. The Bertz CT molecular complexity index is 270. The molecule has 0 aromatic rings. The van der Waals surface area contributed by atoms with Crippen LogP contribution < -0.4 is 5.32 Å². The van der Waals surface area contributed by atoms with Crippen LogP contribution in [-0.2, 0) is 9.59 Å². The molecule has 1 aliphatic carbocycles. The van der Waals surface area contributed by atoms with Gasteiger partial charge in [0, 0.05) is 5.92 Å². The monoisotopic (exact) mass is 241 g/mol. The number of carbonyl (C=O) groups is 2. The lowest BCUT2D eigenvalue weighted by molar-refractivity contribution is -0.142. The maximum atomic E-state index is 11.9. The number of aliphatic carboxylic acids is 1. The van der Waals surface area contributed by atoms with Crippen LogP contribution in [0.1, 0.15) is 52.4 Å².